The minimum Gasteiger partial charge on any atom is -0.465 e. The number of halogens is 1. The standard InChI is InChI=1S/C37H45BrN2O5/c1-3-40(32-18-9-4-5-10-19-32)25-31-23-30(24-33(38)34(31)39)37(43)45-21-12-11-20-44-36(42)26(2)28-16-13-17-29(22-28)35(41)27-14-7-6-8-15-27/h6-8,13-17,22-24,26,32H,3-5,9-12,18-21,25,39H2,1-2H3. The second-order valence-corrected chi connectivity index (χ2v) is 12.6. The van der Waals surface area contributed by atoms with Crippen LogP contribution in [-0.4, -0.2) is 48.4 Å². The summed E-state index contributed by atoms with van der Waals surface area (Å²) in [5.41, 5.74) is 10.3. The molecule has 0 aromatic heterocycles. The highest BCUT2D eigenvalue weighted by molar-refractivity contribution is 9.10. The van der Waals surface area contributed by atoms with Crippen molar-refractivity contribution in [2.24, 2.45) is 0 Å². The smallest absolute Gasteiger partial charge is 0.338 e. The van der Waals surface area contributed by atoms with Crippen LogP contribution >= 0.6 is 15.9 Å². The van der Waals surface area contributed by atoms with E-state index in [9.17, 15) is 14.4 Å². The van der Waals surface area contributed by atoms with Crippen molar-refractivity contribution in [1.29, 1.82) is 0 Å². The molecule has 0 aliphatic heterocycles. The Labute approximate surface area is 275 Å². The van der Waals surface area contributed by atoms with Gasteiger partial charge in [-0.2, -0.15) is 0 Å². The zero-order chi connectivity index (χ0) is 32.2. The Hall–Kier alpha value is -3.49. The number of hydrogen-bond donors (Lipinski definition) is 1. The van der Waals surface area contributed by atoms with Crippen molar-refractivity contribution in [1.82, 2.24) is 4.90 Å². The summed E-state index contributed by atoms with van der Waals surface area (Å²) in [6, 6.07) is 20.3. The number of hydrogen-bond acceptors (Lipinski definition) is 7. The molecule has 0 saturated heterocycles. The number of nitrogen functional groups attached to an aromatic ring is 1. The van der Waals surface area contributed by atoms with E-state index in [2.05, 4.69) is 27.8 Å². The molecule has 45 heavy (non-hydrogen) atoms. The third-order valence-corrected chi connectivity index (χ3v) is 9.28. The average molecular weight is 678 g/mol. The van der Waals surface area contributed by atoms with E-state index < -0.39 is 11.9 Å². The van der Waals surface area contributed by atoms with Gasteiger partial charge in [-0.15, -0.1) is 0 Å². The molecule has 1 atom stereocenters. The molecule has 8 heteroatoms. The molecular weight excluding hydrogens is 632 g/mol. The van der Waals surface area contributed by atoms with Crippen LogP contribution in [0.25, 0.3) is 0 Å². The number of benzene rings is 3. The SMILES string of the molecule is CCN(Cc1cc(C(=O)OCCCCOC(=O)C(C)c2cccc(C(=O)c3ccccc3)c2)cc(Br)c1N)C1CCCCCC1. The maximum absolute atomic E-state index is 12.9. The number of ether oxygens (including phenoxy) is 2. The van der Waals surface area contributed by atoms with Crippen molar-refractivity contribution in [2.45, 2.75) is 83.7 Å². The number of carbonyl (C=O) groups excluding carboxylic acids is 3. The van der Waals surface area contributed by atoms with E-state index in [-0.39, 0.29) is 25.0 Å². The predicted molar refractivity (Wildman–Crippen MR) is 181 cm³/mol. The molecule has 3 aromatic carbocycles. The number of carbonyl (C=O) groups is 3. The van der Waals surface area contributed by atoms with Crippen molar-refractivity contribution in [2.75, 3.05) is 25.5 Å². The molecule has 3 aromatic rings. The van der Waals surface area contributed by atoms with Gasteiger partial charge in [0.05, 0.1) is 30.4 Å². The van der Waals surface area contributed by atoms with Crippen molar-refractivity contribution >= 4 is 39.3 Å². The van der Waals surface area contributed by atoms with Crippen LogP contribution in [0.5, 0.6) is 0 Å². The number of anilines is 1. The van der Waals surface area contributed by atoms with Crippen LogP contribution in [-0.2, 0) is 20.8 Å². The van der Waals surface area contributed by atoms with Crippen LogP contribution in [0.1, 0.15) is 109 Å². The van der Waals surface area contributed by atoms with Gasteiger partial charge in [-0.25, -0.2) is 4.79 Å². The van der Waals surface area contributed by atoms with Gasteiger partial charge >= 0.3 is 11.9 Å². The number of unbranched alkanes of at least 4 members (excludes halogenated alkanes) is 1. The van der Waals surface area contributed by atoms with E-state index in [1.807, 2.05) is 30.3 Å². The quantitative estimate of drug-likeness (QED) is 0.0606. The maximum atomic E-state index is 12.9. The van der Waals surface area contributed by atoms with E-state index >= 15 is 0 Å². The Morgan fingerprint density at radius 2 is 1.53 bits per heavy atom. The van der Waals surface area contributed by atoms with Crippen LogP contribution in [0.4, 0.5) is 5.69 Å². The van der Waals surface area contributed by atoms with Gasteiger partial charge < -0.3 is 15.2 Å². The number of esters is 2. The van der Waals surface area contributed by atoms with Gasteiger partial charge in [0.2, 0.25) is 0 Å². The summed E-state index contributed by atoms with van der Waals surface area (Å²) in [7, 11) is 0. The number of ketones is 1. The molecule has 7 nitrogen and oxygen atoms in total. The molecule has 1 fully saturated rings. The molecule has 0 bridgehead atoms. The van der Waals surface area contributed by atoms with Crippen LogP contribution in [0.15, 0.2) is 71.2 Å². The largest absolute Gasteiger partial charge is 0.465 e. The third-order valence-electron chi connectivity index (χ3n) is 8.63. The topological polar surface area (TPSA) is 98.9 Å². The fourth-order valence-electron chi connectivity index (χ4n) is 5.86. The first kappa shape index (κ1) is 34.4. The first-order chi connectivity index (χ1) is 21.8. The van der Waals surface area contributed by atoms with Gasteiger partial charge in [-0.05, 0) is 84.4 Å². The van der Waals surface area contributed by atoms with Crippen LogP contribution < -0.4 is 5.73 Å². The summed E-state index contributed by atoms with van der Waals surface area (Å²) < 4.78 is 11.7. The lowest BCUT2D eigenvalue weighted by Gasteiger charge is -2.30. The van der Waals surface area contributed by atoms with Crippen LogP contribution in [0.3, 0.4) is 0 Å². The molecule has 0 spiro atoms. The second-order valence-electron chi connectivity index (χ2n) is 11.8. The zero-order valence-corrected chi connectivity index (χ0v) is 28.0. The highest BCUT2D eigenvalue weighted by atomic mass is 79.9. The molecule has 1 unspecified atom stereocenters. The second kappa shape index (κ2) is 17.3. The summed E-state index contributed by atoms with van der Waals surface area (Å²) in [6.45, 7) is 6.01. The van der Waals surface area contributed by atoms with Crippen LogP contribution in [0, 0.1) is 0 Å². The molecular formula is C37H45BrN2O5. The highest BCUT2D eigenvalue weighted by Gasteiger charge is 2.22. The van der Waals surface area contributed by atoms with E-state index in [0.717, 1.165) is 17.7 Å². The van der Waals surface area contributed by atoms with Crippen molar-refractivity contribution in [3.05, 3.63) is 99.0 Å². The Morgan fingerprint density at radius 1 is 0.867 bits per heavy atom. The summed E-state index contributed by atoms with van der Waals surface area (Å²) in [5.74, 6) is -1.37. The normalized spacial score (nSPS) is 14.5. The summed E-state index contributed by atoms with van der Waals surface area (Å²) in [5, 5.41) is 0. The lowest BCUT2D eigenvalue weighted by Crippen LogP contribution is -2.34. The molecule has 1 saturated carbocycles. The Morgan fingerprint density at radius 3 is 2.22 bits per heavy atom. The molecule has 1 aliphatic rings. The molecule has 0 amide bonds. The van der Waals surface area contributed by atoms with Gasteiger partial charge in [0.15, 0.2) is 5.78 Å². The molecule has 1 aliphatic carbocycles. The monoisotopic (exact) mass is 676 g/mol. The van der Waals surface area contributed by atoms with Crippen molar-refractivity contribution < 1.29 is 23.9 Å². The maximum Gasteiger partial charge on any atom is 0.338 e. The molecule has 240 valence electrons. The lowest BCUT2D eigenvalue weighted by molar-refractivity contribution is -0.145. The van der Waals surface area contributed by atoms with E-state index in [4.69, 9.17) is 15.2 Å². The Kier molecular flexibility index (Phi) is 13.2. The predicted octanol–water partition coefficient (Wildman–Crippen LogP) is 8.09. The minimum absolute atomic E-state index is 0.0899. The molecule has 2 N–H and O–H groups in total. The van der Waals surface area contributed by atoms with Gasteiger partial charge in [0, 0.05) is 28.2 Å². The van der Waals surface area contributed by atoms with E-state index in [0.29, 0.717) is 52.3 Å². The molecule has 0 heterocycles. The van der Waals surface area contributed by atoms with Gasteiger partial charge in [-0.3, -0.25) is 14.5 Å². The van der Waals surface area contributed by atoms with E-state index in [1.165, 1.54) is 38.5 Å². The summed E-state index contributed by atoms with van der Waals surface area (Å²) in [4.78, 5) is 40.9. The Bertz CT molecular complexity index is 1440. The van der Waals surface area contributed by atoms with Crippen LogP contribution in [0.2, 0.25) is 0 Å². The van der Waals surface area contributed by atoms with Gasteiger partial charge in [0.1, 0.15) is 0 Å². The Balaban J connectivity index is 1.22. The molecule has 4 rings (SSSR count). The highest BCUT2D eigenvalue weighted by Crippen LogP contribution is 2.30. The average Bonchev–Trinajstić information content (AvgIpc) is 3.36. The first-order valence-corrected chi connectivity index (χ1v) is 16.9. The first-order valence-electron chi connectivity index (χ1n) is 16.1. The zero-order valence-electron chi connectivity index (χ0n) is 26.4. The number of rotatable bonds is 14. The van der Waals surface area contributed by atoms with E-state index in [1.54, 1.807) is 43.3 Å². The fourth-order valence-corrected chi connectivity index (χ4v) is 6.36. The van der Waals surface area contributed by atoms with Crippen molar-refractivity contribution in [3.63, 3.8) is 0 Å². The number of nitrogens with two attached hydrogens (primary N) is 1. The fraction of sp³-hybridized carbons (Fsp3) is 0.432. The third kappa shape index (κ3) is 9.75. The summed E-state index contributed by atoms with van der Waals surface area (Å²) >= 11 is 3.54. The van der Waals surface area contributed by atoms with Gasteiger partial charge in [-0.1, -0.05) is 81.1 Å². The summed E-state index contributed by atoms with van der Waals surface area (Å²) in [6.07, 6.45) is 8.65. The minimum atomic E-state index is -0.518. The lowest BCUT2D eigenvalue weighted by atomic mass is 9.96. The van der Waals surface area contributed by atoms with Crippen molar-refractivity contribution in [3.8, 4) is 0 Å². The number of nitrogens with zero attached hydrogens (tertiary/aromatic N) is 1. The molecule has 0 radical (unpaired) electrons. The van der Waals surface area contributed by atoms with Gasteiger partial charge in [0.25, 0.3) is 0 Å².